The Bertz CT molecular complexity index is 1500. The Balaban J connectivity index is 1.83. The Morgan fingerprint density at radius 2 is 1.81 bits per heavy atom. The first-order valence-corrected chi connectivity index (χ1v) is 9.82. The third kappa shape index (κ3) is 3.04. The van der Waals surface area contributed by atoms with Crippen LogP contribution in [0.3, 0.4) is 0 Å². The quantitative estimate of drug-likeness (QED) is 0.314. The van der Waals surface area contributed by atoms with Gasteiger partial charge in [0, 0.05) is 22.8 Å². The first-order valence-electron chi connectivity index (χ1n) is 9.45. The number of hydrogen-bond donors (Lipinski definition) is 0. The van der Waals surface area contributed by atoms with Gasteiger partial charge in [-0.3, -0.25) is 24.6 Å². The summed E-state index contributed by atoms with van der Waals surface area (Å²) in [5, 5.41) is 11.7. The van der Waals surface area contributed by atoms with Gasteiger partial charge in [-0.15, -0.1) is 0 Å². The normalized spacial score (nSPS) is 15.2. The average Bonchev–Trinajstić information content (AvgIpc) is 3.07. The van der Waals surface area contributed by atoms with E-state index >= 15 is 0 Å². The summed E-state index contributed by atoms with van der Waals surface area (Å²) in [4.78, 5) is 38.9. The second-order valence-corrected chi connectivity index (χ2v) is 7.66. The summed E-state index contributed by atoms with van der Waals surface area (Å²) < 4.78 is 19.6. The fourth-order valence-electron chi connectivity index (χ4n) is 3.96. The second-order valence-electron chi connectivity index (χ2n) is 7.22. The molecule has 1 aliphatic heterocycles. The molecule has 1 aromatic heterocycles. The molecule has 1 aliphatic rings. The van der Waals surface area contributed by atoms with Gasteiger partial charge in [0.1, 0.15) is 11.4 Å². The molecule has 7 nitrogen and oxygen atoms in total. The van der Waals surface area contributed by atoms with Gasteiger partial charge in [0.25, 0.3) is 11.6 Å². The molecule has 3 aromatic carbocycles. The molecule has 0 N–H and O–H groups in total. The van der Waals surface area contributed by atoms with Gasteiger partial charge in [0.15, 0.2) is 5.43 Å². The van der Waals surface area contributed by atoms with Crippen LogP contribution >= 0.6 is 11.6 Å². The third-order valence-electron chi connectivity index (χ3n) is 5.32. The molecular formula is C23H12ClFN2O5. The summed E-state index contributed by atoms with van der Waals surface area (Å²) >= 11 is 6.12. The Kier molecular flexibility index (Phi) is 4.53. The Hall–Kier alpha value is -4.04. The summed E-state index contributed by atoms with van der Waals surface area (Å²) in [6, 6.07) is 14.5. The number of nitro groups is 1. The van der Waals surface area contributed by atoms with E-state index in [4.69, 9.17) is 16.0 Å². The van der Waals surface area contributed by atoms with E-state index in [1.807, 2.05) is 0 Å². The van der Waals surface area contributed by atoms with Gasteiger partial charge in [0.2, 0.25) is 5.76 Å². The van der Waals surface area contributed by atoms with Crippen LogP contribution in [0.25, 0.3) is 11.0 Å². The molecule has 4 aromatic rings. The fourth-order valence-corrected chi connectivity index (χ4v) is 4.15. The van der Waals surface area contributed by atoms with E-state index in [2.05, 4.69) is 0 Å². The highest BCUT2D eigenvalue weighted by Gasteiger charge is 2.44. The van der Waals surface area contributed by atoms with Crippen LogP contribution in [0.4, 0.5) is 15.8 Å². The topological polar surface area (TPSA) is 93.7 Å². The molecule has 1 amide bonds. The van der Waals surface area contributed by atoms with Crippen LogP contribution in [0.15, 0.2) is 75.9 Å². The third-order valence-corrected chi connectivity index (χ3v) is 5.55. The molecule has 158 valence electrons. The number of nitrogens with zero attached hydrogens (tertiary/aromatic N) is 2. The monoisotopic (exact) mass is 450 g/mol. The Morgan fingerprint density at radius 1 is 1.03 bits per heavy atom. The van der Waals surface area contributed by atoms with Gasteiger partial charge in [-0.05, 0) is 42.0 Å². The molecule has 0 radical (unpaired) electrons. The van der Waals surface area contributed by atoms with Crippen molar-refractivity contribution in [2.24, 2.45) is 0 Å². The van der Waals surface area contributed by atoms with Gasteiger partial charge in [-0.2, -0.15) is 0 Å². The van der Waals surface area contributed by atoms with E-state index in [0.717, 1.165) is 12.1 Å². The lowest BCUT2D eigenvalue weighted by atomic mass is 9.97. The minimum Gasteiger partial charge on any atom is -0.450 e. The van der Waals surface area contributed by atoms with Crippen LogP contribution in [-0.2, 0) is 0 Å². The SMILES string of the molecule is O=C1c2oc3ccc(F)cc3c(=O)c2C(c2cccc([N+](=O)[O-])c2)N1c1cccc(Cl)c1. The van der Waals surface area contributed by atoms with Crippen molar-refractivity contribution < 1.29 is 18.5 Å². The molecule has 1 atom stereocenters. The average molecular weight is 451 g/mol. The number of carbonyl (C=O) groups excluding carboxylic acids is 1. The molecule has 0 spiro atoms. The van der Waals surface area contributed by atoms with Crippen LogP contribution in [0.5, 0.6) is 0 Å². The lowest BCUT2D eigenvalue weighted by molar-refractivity contribution is -0.384. The minimum atomic E-state index is -1.03. The molecule has 2 heterocycles. The van der Waals surface area contributed by atoms with Crippen molar-refractivity contribution in [2.75, 3.05) is 4.90 Å². The summed E-state index contributed by atoms with van der Waals surface area (Å²) in [5.74, 6) is -1.44. The van der Waals surface area contributed by atoms with Crippen molar-refractivity contribution in [3.63, 3.8) is 0 Å². The second kappa shape index (κ2) is 7.28. The van der Waals surface area contributed by atoms with Crippen LogP contribution in [0, 0.1) is 15.9 Å². The van der Waals surface area contributed by atoms with E-state index in [-0.39, 0.29) is 28.0 Å². The standard InChI is InChI=1S/C23H12ClFN2O5/c24-13-4-2-5-15(10-13)26-20(12-3-1-6-16(9-12)27(30)31)19-21(28)17-11-14(25)7-8-18(17)32-22(19)23(26)29/h1-11,20H. The number of anilines is 1. The summed E-state index contributed by atoms with van der Waals surface area (Å²) in [7, 11) is 0. The Labute approximate surface area is 184 Å². The zero-order valence-electron chi connectivity index (χ0n) is 16.1. The van der Waals surface area contributed by atoms with E-state index in [9.17, 15) is 24.1 Å². The highest BCUT2D eigenvalue weighted by Crippen LogP contribution is 2.42. The molecule has 1 unspecified atom stereocenters. The maximum absolute atomic E-state index is 13.8. The first kappa shape index (κ1) is 19.9. The van der Waals surface area contributed by atoms with Crippen molar-refractivity contribution in [1.29, 1.82) is 0 Å². The van der Waals surface area contributed by atoms with Crippen LogP contribution in [-0.4, -0.2) is 10.8 Å². The van der Waals surface area contributed by atoms with E-state index in [0.29, 0.717) is 16.3 Å². The van der Waals surface area contributed by atoms with Crippen molar-refractivity contribution in [1.82, 2.24) is 0 Å². The number of halogens is 2. The van der Waals surface area contributed by atoms with Crippen molar-refractivity contribution in [3.05, 3.63) is 115 Å². The van der Waals surface area contributed by atoms with Gasteiger partial charge in [0.05, 0.1) is 21.9 Å². The predicted octanol–water partition coefficient (Wildman–Crippen LogP) is 5.24. The highest BCUT2D eigenvalue weighted by molar-refractivity contribution is 6.31. The number of benzene rings is 3. The van der Waals surface area contributed by atoms with Gasteiger partial charge in [-0.25, -0.2) is 4.39 Å². The predicted molar refractivity (Wildman–Crippen MR) is 116 cm³/mol. The largest absolute Gasteiger partial charge is 0.450 e. The summed E-state index contributed by atoms with van der Waals surface area (Å²) in [5.41, 5.74) is -0.0435. The maximum atomic E-state index is 13.8. The van der Waals surface area contributed by atoms with Crippen LogP contribution in [0.2, 0.25) is 5.02 Å². The number of non-ortho nitro benzene ring substituents is 1. The number of fused-ring (bicyclic) bond motifs is 2. The Morgan fingerprint density at radius 3 is 2.56 bits per heavy atom. The molecule has 32 heavy (non-hydrogen) atoms. The zero-order valence-corrected chi connectivity index (χ0v) is 16.9. The summed E-state index contributed by atoms with van der Waals surface area (Å²) in [6.45, 7) is 0. The van der Waals surface area contributed by atoms with Crippen molar-refractivity contribution >= 4 is 39.9 Å². The number of amides is 1. The minimum absolute atomic E-state index is 0.0198. The fraction of sp³-hybridized carbons (Fsp3) is 0.0435. The van der Waals surface area contributed by atoms with Crippen molar-refractivity contribution in [3.8, 4) is 0 Å². The van der Waals surface area contributed by atoms with Gasteiger partial charge in [-0.1, -0.05) is 29.8 Å². The lowest BCUT2D eigenvalue weighted by Crippen LogP contribution is -2.29. The molecule has 0 saturated carbocycles. The van der Waals surface area contributed by atoms with Crippen molar-refractivity contribution in [2.45, 2.75) is 6.04 Å². The van der Waals surface area contributed by atoms with E-state index in [1.54, 1.807) is 30.3 Å². The molecule has 0 fully saturated rings. The smallest absolute Gasteiger partial charge is 0.295 e. The molecule has 9 heteroatoms. The highest BCUT2D eigenvalue weighted by atomic mass is 35.5. The number of rotatable bonds is 3. The van der Waals surface area contributed by atoms with Gasteiger partial charge >= 0.3 is 0 Å². The van der Waals surface area contributed by atoms with Gasteiger partial charge < -0.3 is 4.42 Å². The number of hydrogen-bond acceptors (Lipinski definition) is 5. The molecule has 5 rings (SSSR count). The molecule has 0 aliphatic carbocycles. The van der Waals surface area contributed by atoms with Crippen LogP contribution in [0.1, 0.15) is 27.7 Å². The van der Waals surface area contributed by atoms with E-state index < -0.39 is 28.1 Å². The number of carbonyl (C=O) groups is 1. The number of nitro benzene ring substituents is 1. The molecular weight excluding hydrogens is 439 g/mol. The van der Waals surface area contributed by atoms with Crippen LogP contribution < -0.4 is 10.3 Å². The summed E-state index contributed by atoms with van der Waals surface area (Å²) in [6.07, 6.45) is 0. The maximum Gasteiger partial charge on any atom is 0.295 e. The van der Waals surface area contributed by atoms with E-state index in [1.165, 1.54) is 29.2 Å². The zero-order chi connectivity index (χ0) is 22.6. The molecule has 0 saturated heterocycles. The first-order chi connectivity index (χ1) is 15.3. The molecule has 0 bridgehead atoms. The lowest BCUT2D eigenvalue weighted by Gasteiger charge is -2.25.